The van der Waals surface area contributed by atoms with Gasteiger partial charge < -0.3 is 15.2 Å². The van der Waals surface area contributed by atoms with Crippen molar-refractivity contribution in [2.24, 2.45) is 0 Å². The van der Waals surface area contributed by atoms with Gasteiger partial charge in [-0.3, -0.25) is 29.4 Å². The van der Waals surface area contributed by atoms with Gasteiger partial charge in [0.1, 0.15) is 17.7 Å². The minimum Gasteiger partial charge on any atom is -0.357 e. The monoisotopic (exact) mass is 646 g/mol. The Labute approximate surface area is 277 Å². The van der Waals surface area contributed by atoms with Gasteiger partial charge in [-0.1, -0.05) is 24.0 Å². The number of nitrogens with zero attached hydrogens (tertiary/aromatic N) is 3. The molecule has 4 aromatic rings. The topological polar surface area (TPSA) is 128 Å². The Bertz CT molecular complexity index is 2010. The highest BCUT2D eigenvalue weighted by Crippen LogP contribution is 2.33. The summed E-state index contributed by atoms with van der Waals surface area (Å²) >= 11 is 0. The molecule has 0 aliphatic carbocycles. The van der Waals surface area contributed by atoms with E-state index in [0.717, 1.165) is 42.3 Å². The molecule has 0 radical (unpaired) electrons. The fraction of sp³-hybridized carbons (Fsp3) is 0.324. The van der Waals surface area contributed by atoms with Crippen LogP contribution in [0.4, 0.5) is 10.2 Å². The summed E-state index contributed by atoms with van der Waals surface area (Å²) in [6.07, 6.45) is 6.52. The number of imide groups is 1. The van der Waals surface area contributed by atoms with E-state index in [-0.39, 0.29) is 36.8 Å². The lowest BCUT2D eigenvalue weighted by Gasteiger charge is -2.29. The van der Waals surface area contributed by atoms with Crippen molar-refractivity contribution in [1.82, 2.24) is 25.1 Å². The van der Waals surface area contributed by atoms with E-state index < -0.39 is 23.7 Å². The Balaban J connectivity index is 0.929. The number of rotatable bonds is 7. The summed E-state index contributed by atoms with van der Waals surface area (Å²) in [4.78, 5) is 61.5. The third kappa shape index (κ3) is 6.19. The maximum absolute atomic E-state index is 14.7. The van der Waals surface area contributed by atoms with E-state index >= 15 is 0 Å². The number of carbonyl (C=O) groups excluding carboxylic acids is 4. The Morgan fingerprint density at radius 1 is 1.08 bits per heavy atom. The van der Waals surface area contributed by atoms with Crippen molar-refractivity contribution in [3.8, 4) is 11.8 Å². The number of amides is 4. The normalized spacial score (nSPS) is 19.3. The summed E-state index contributed by atoms with van der Waals surface area (Å²) in [5.74, 6) is 4.35. The number of aromatic amines is 1. The quantitative estimate of drug-likeness (QED) is 0.150. The van der Waals surface area contributed by atoms with Gasteiger partial charge in [0.05, 0.1) is 11.1 Å². The number of unbranched alkanes of at least 4 members (excludes halogenated alkanes) is 1. The molecule has 1 unspecified atom stereocenters. The number of pyridine rings is 1. The van der Waals surface area contributed by atoms with Crippen LogP contribution in [0.5, 0.6) is 0 Å². The van der Waals surface area contributed by atoms with Gasteiger partial charge in [-0.2, -0.15) is 0 Å². The van der Waals surface area contributed by atoms with Gasteiger partial charge in [-0.15, -0.1) is 0 Å². The van der Waals surface area contributed by atoms with Gasteiger partial charge in [-0.25, -0.2) is 9.37 Å². The highest BCUT2D eigenvalue weighted by molar-refractivity contribution is 6.06. The molecule has 2 aromatic heterocycles. The minimum absolute atomic E-state index is 0.0576. The average Bonchev–Trinajstić information content (AvgIpc) is 3.79. The molecular weight excluding hydrogens is 611 g/mol. The number of aromatic nitrogens is 2. The van der Waals surface area contributed by atoms with Gasteiger partial charge in [0.2, 0.25) is 11.8 Å². The molecule has 0 spiro atoms. The molecule has 2 atom stereocenters. The zero-order valence-electron chi connectivity index (χ0n) is 26.6. The number of benzene rings is 2. The summed E-state index contributed by atoms with van der Waals surface area (Å²) < 4.78 is 14.7. The molecule has 11 heteroatoms. The number of hydrogen-bond donors (Lipinski definition) is 3. The number of fused-ring (bicyclic) bond motifs is 2. The molecule has 244 valence electrons. The molecule has 0 bridgehead atoms. The molecule has 10 nitrogen and oxygen atoms in total. The maximum atomic E-state index is 14.7. The maximum Gasteiger partial charge on any atom is 0.258 e. The fourth-order valence-electron chi connectivity index (χ4n) is 6.90. The van der Waals surface area contributed by atoms with Crippen molar-refractivity contribution in [3.63, 3.8) is 0 Å². The van der Waals surface area contributed by atoms with Gasteiger partial charge >= 0.3 is 0 Å². The first-order chi connectivity index (χ1) is 23.2. The molecule has 3 aliphatic heterocycles. The first kappa shape index (κ1) is 31.3. The molecule has 3 N–H and O–H groups in total. The van der Waals surface area contributed by atoms with E-state index in [2.05, 4.69) is 50.5 Å². The lowest BCUT2D eigenvalue weighted by Crippen LogP contribution is -2.52. The summed E-state index contributed by atoms with van der Waals surface area (Å²) in [5.41, 5.74) is 4.68. The van der Waals surface area contributed by atoms with Gasteiger partial charge in [0.25, 0.3) is 11.8 Å². The van der Waals surface area contributed by atoms with Crippen LogP contribution in [-0.4, -0.2) is 63.0 Å². The predicted octanol–water partition coefficient (Wildman–Crippen LogP) is 4.86. The summed E-state index contributed by atoms with van der Waals surface area (Å²) in [6, 6.07) is 13.8. The van der Waals surface area contributed by atoms with Crippen molar-refractivity contribution >= 4 is 40.3 Å². The van der Waals surface area contributed by atoms with Crippen LogP contribution in [0.15, 0.2) is 54.7 Å². The lowest BCUT2D eigenvalue weighted by molar-refractivity contribution is -0.136. The average molecular weight is 647 g/mol. The molecule has 2 aromatic carbocycles. The molecule has 2 saturated heterocycles. The second kappa shape index (κ2) is 13.0. The number of piperidine rings is 1. The highest BCUT2D eigenvalue weighted by atomic mass is 19.1. The lowest BCUT2D eigenvalue weighted by atomic mass is 10.0. The van der Waals surface area contributed by atoms with E-state index in [1.807, 2.05) is 18.2 Å². The van der Waals surface area contributed by atoms with Crippen LogP contribution in [0.2, 0.25) is 0 Å². The second-order valence-electron chi connectivity index (χ2n) is 12.7. The van der Waals surface area contributed by atoms with Crippen molar-refractivity contribution < 1.29 is 23.6 Å². The number of halogens is 1. The Hall–Kier alpha value is -5.34. The summed E-state index contributed by atoms with van der Waals surface area (Å²) in [6.45, 7) is 1.16. The van der Waals surface area contributed by atoms with Crippen molar-refractivity contribution in [2.75, 3.05) is 18.9 Å². The number of aryl methyl sites for hydroxylation is 1. The van der Waals surface area contributed by atoms with E-state index in [1.54, 1.807) is 24.4 Å². The molecule has 7 rings (SSSR count). The van der Waals surface area contributed by atoms with E-state index in [1.165, 1.54) is 23.1 Å². The number of likely N-dealkylation sites (tertiary alicyclic amines) is 1. The Morgan fingerprint density at radius 2 is 1.92 bits per heavy atom. The first-order valence-electron chi connectivity index (χ1n) is 16.3. The summed E-state index contributed by atoms with van der Waals surface area (Å²) in [7, 11) is 2.14. The number of H-pyrrole nitrogens is 1. The van der Waals surface area contributed by atoms with Gasteiger partial charge in [-0.05, 0) is 81.6 Å². The number of nitrogens with one attached hydrogen (secondary N) is 3. The smallest absolute Gasteiger partial charge is 0.258 e. The molecule has 3 aliphatic rings. The van der Waals surface area contributed by atoms with Crippen LogP contribution in [0, 0.1) is 17.7 Å². The standard InChI is InChI=1S/C37H35FN6O4/c1-43-17-5-8-30(43)29-18-25-20-39-32(19-28(25)40-29)41-35(46)24-11-9-22(10-12-24)6-3-2-4-7-23-13-14-27(38)34-26(23)21-44(37(34)48)31-15-16-33(45)42-36(31)47/h9-14,18-20,30-31,40H,2-3,5-6,8,15-17,21H2,1H3,(H,39,41,46)(H,42,45,47)/t30-,31?/m1/s1. The van der Waals surface area contributed by atoms with Crippen LogP contribution in [-0.2, 0) is 22.6 Å². The van der Waals surface area contributed by atoms with Crippen LogP contribution >= 0.6 is 0 Å². The number of carbonyl (C=O) groups is 4. The Kier molecular flexibility index (Phi) is 8.50. The molecule has 5 heterocycles. The zero-order valence-corrected chi connectivity index (χ0v) is 26.6. The number of hydrogen-bond acceptors (Lipinski definition) is 6. The van der Waals surface area contributed by atoms with Crippen LogP contribution in [0.25, 0.3) is 10.9 Å². The third-order valence-electron chi connectivity index (χ3n) is 9.50. The number of anilines is 1. The molecule has 2 fully saturated rings. The Morgan fingerprint density at radius 3 is 2.69 bits per heavy atom. The van der Waals surface area contributed by atoms with Gasteiger partial charge in [0, 0.05) is 65.5 Å². The zero-order chi connectivity index (χ0) is 33.4. The van der Waals surface area contributed by atoms with Crippen LogP contribution in [0.3, 0.4) is 0 Å². The van der Waals surface area contributed by atoms with Gasteiger partial charge in [0.15, 0.2) is 0 Å². The SMILES string of the molecule is CN1CCC[C@@H]1c1cc2cnc(NC(=O)c3ccc(CCCC#Cc4ccc(F)c5c4CN(C4CCC(=O)NC4=O)C5=O)cc3)cc2[nH]1. The predicted molar refractivity (Wildman–Crippen MR) is 177 cm³/mol. The second-order valence-corrected chi connectivity index (χ2v) is 12.7. The largest absolute Gasteiger partial charge is 0.357 e. The van der Waals surface area contributed by atoms with Crippen molar-refractivity contribution in [3.05, 3.63) is 94.1 Å². The highest BCUT2D eigenvalue weighted by Gasteiger charge is 2.41. The molecule has 4 amide bonds. The summed E-state index contributed by atoms with van der Waals surface area (Å²) in [5, 5.41) is 6.18. The van der Waals surface area contributed by atoms with E-state index in [9.17, 15) is 23.6 Å². The third-order valence-corrected chi connectivity index (χ3v) is 9.50. The van der Waals surface area contributed by atoms with Crippen LogP contribution in [0.1, 0.15) is 87.7 Å². The van der Waals surface area contributed by atoms with E-state index in [0.29, 0.717) is 35.0 Å². The molecule has 48 heavy (non-hydrogen) atoms. The van der Waals surface area contributed by atoms with Crippen LogP contribution < -0.4 is 10.6 Å². The fourth-order valence-corrected chi connectivity index (χ4v) is 6.90. The molecule has 0 saturated carbocycles. The molecular formula is C37H35FN6O4. The van der Waals surface area contributed by atoms with Crippen molar-refractivity contribution in [1.29, 1.82) is 0 Å². The van der Waals surface area contributed by atoms with Crippen molar-refractivity contribution in [2.45, 2.75) is 63.6 Å². The first-order valence-corrected chi connectivity index (χ1v) is 16.3. The minimum atomic E-state index is -0.817. The van der Waals surface area contributed by atoms with E-state index in [4.69, 9.17) is 0 Å².